The number of nitrogens with zero attached hydrogens (tertiary/aromatic N) is 1. The monoisotopic (exact) mass is 405 g/mol. The van der Waals surface area contributed by atoms with E-state index >= 15 is 0 Å². The number of unbranched alkanes of at least 4 members (excludes halogenated alkanes) is 1. The number of halogens is 1. The summed E-state index contributed by atoms with van der Waals surface area (Å²) in [5.74, 6) is 2.31. The normalized spacial score (nSPS) is 10.4. The minimum absolute atomic E-state index is 0.133. The van der Waals surface area contributed by atoms with Gasteiger partial charge >= 0.3 is 0 Å². The fourth-order valence-electron chi connectivity index (χ4n) is 2.77. The Morgan fingerprint density at radius 1 is 1.00 bits per heavy atom. The molecule has 0 spiro atoms. The van der Waals surface area contributed by atoms with Crippen molar-refractivity contribution in [2.24, 2.45) is 0 Å². The number of carbonyl (C=O) groups is 1. The summed E-state index contributed by atoms with van der Waals surface area (Å²) < 4.78 is 16.2. The number of aryl methyl sites for hydroxylation is 1. The summed E-state index contributed by atoms with van der Waals surface area (Å²) in [4.78, 5) is 14.1. The lowest BCUT2D eigenvalue weighted by atomic mass is 10.1. The lowest BCUT2D eigenvalue weighted by Gasteiger charge is -2.17. The van der Waals surface area contributed by atoms with E-state index in [1.54, 1.807) is 19.1 Å². The third-order valence-electron chi connectivity index (χ3n) is 4.47. The van der Waals surface area contributed by atoms with Gasteiger partial charge in [0.15, 0.2) is 11.5 Å². The smallest absolute Gasteiger partial charge is 0.222 e. The molecule has 0 aliphatic rings. The maximum absolute atomic E-state index is 12.3. The van der Waals surface area contributed by atoms with Crippen LogP contribution in [0, 0.1) is 0 Å². The Morgan fingerprint density at radius 3 is 2.39 bits per heavy atom. The van der Waals surface area contributed by atoms with Crippen molar-refractivity contribution in [2.45, 2.75) is 25.7 Å². The number of ether oxygens (including phenoxy) is 3. The molecule has 0 saturated carbocycles. The Kier molecular flexibility index (Phi) is 8.95. The van der Waals surface area contributed by atoms with E-state index in [9.17, 15) is 4.79 Å². The highest BCUT2D eigenvalue weighted by Gasteiger charge is 2.10. The Bertz CT molecular complexity index is 749. The molecule has 5 nitrogen and oxygen atoms in total. The summed E-state index contributed by atoms with van der Waals surface area (Å²) in [6, 6.07) is 13.1. The number of benzene rings is 2. The quantitative estimate of drug-likeness (QED) is 0.512. The van der Waals surface area contributed by atoms with Gasteiger partial charge in [-0.15, -0.1) is 0 Å². The zero-order valence-corrected chi connectivity index (χ0v) is 17.5. The van der Waals surface area contributed by atoms with Crippen LogP contribution < -0.4 is 14.2 Å². The van der Waals surface area contributed by atoms with Gasteiger partial charge in [0, 0.05) is 25.0 Å². The summed E-state index contributed by atoms with van der Waals surface area (Å²) >= 11 is 5.85. The van der Waals surface area contributed by atoms with Crippen LogP contribution in [-0.2, 0) is 11.2 Å². The van der Waals surface area contributed by atoms with Crippen molar-refractivity contribution in [3.05, 3.63) is 53.1 Å². The number of carbonyl (C=O) groups excluding carboxylic acids is 1. The predicted octanol–water partition coefficient (Wildman–Crippen LogP) is 4.61. The maximum Gasteiger partial charge on any atom is 0.222 e. The molecule has 2 aromatic rings. The molecule has 0 atom stereocenters. The van der Waals surface area contributed by atoms with E-state index in [0.717, 1.165) is 30.7 Å². The van der Waals surface area contributed by atoms with Gasteiger partial charge in [0.1, 0.15) is 5.75 Å². The summed E-state index contributed by atoms with van der Waals surface area (Å²) in [7, 11) is 5.06. The Hall–Kier alpha value is -2.40. The molecule has 6 heteroatoms. The minimum Gasteiger partial charge on any atom is -0.494 e. The lowest BCUT2D eigenvalue weighted by molar-refractivity contribution is -0.129. The molecule has 0 unspecified atom stereocenters. The van der Waals surface area contributed by atoms with Gasteiger partial charge in [-0.3, -0.25) is 4.79 Å². The molecule has 0 aliphatic carbocycles. The van der Waals surface area contributed by atoms with Gasteiger partial charge in [-0.25, -0.2) is 0 Å². The highest BCUT2D eigenvalue weighted by Crippen LogP contribution is 2.28. The van der Waals surface area contributed by atoms with Crippen molar-refractivity contribution in [3.8, 4) is 17.2 Å². The van der Waals surface area contributed by atoms with Crippen LogP contribution in [0.5, 0.6) is 17.2 Å². The number of amides is 1. The van der Waals surface area contributed by atoms with Crippen LogP contribution >= 0.6 is 11.6 Å². The highest BCUT2D eigenvalue weighted by atomic mass is 35.5. The van der Waals surface area contributed by atoms with E-state index in [4.69, 9.17) is 25.8 Å². The van der Waals surface area contributed by atoms with Crippen molar-refractivity contribution in [1.82, 2.24) is 4.90 Å². The molecular weight excluding hydrogens is 378 g/mol. The molecule has 0 aromatic heterocycles. The van der Waals surface area contributed by atoms with Gasteiger partial charge in [0.25, 0.3) is 0 Å². The average molecular weight is 406 g/mol. The highest BCUT2D eigenvalue weighted by molar-refractivity contribution is 6.30. The second kappa shape index (κ2) is 11.4. The molecule has 0 N–H and O–H groups in total. The van der Waals surface area contributed by atoms with Crippen molar-refractivity contribution in [3.63, 3.8) is 0 Å². The summed E-state index contributed by atoms with van der Waals surface area (Å²) in [5, 5.41) is 0.695. The number of hydrogen-bond acceptors (Lipinski definition) is 4. The molecule has 28 heavy (non-hydrogen) atoms. The van der Waals surface area contributed by atoms with Crippen LogP contribution in [0.3, 0.4) is 0 Å². The molecule has 2 rings (SSSR count). The standard InChI is InChI=1S/C22H28ClNO4/c1-24(14-4-5-15-28-19-10-8-18(23)9-11-19)22(25)13-7-17-6-12-20(26-2)21(16-17)27-3/h6,8-12,16H,4-5,7,13-15H2,1-3H3. The summed E-state index contributed by atoms with van der Waals surface area (Å²) in [6.07, 6.45) is 2.92. The number of methoxy groups -OCH3 is 2. The molecule has 0 heterocycles. The Morgan fingerprint density at radius 2 is 1.71 bits per heavy atom. The molecule has 1 amide bonds. The van der Waals surface area contributed by atoms with E-state index in [1.807, 2.05) is 49.5 Å². The second-order valence-corrected chi connectivity index (χ2v) is 6.95. The van der Waals surface area contributed by atoms with Crippen LogP contribution in [0.25, 0.3) is 0 Å². The van der Waals surface area contributed by atoms with Crippen molar-refractivity contribution in [1.29, 1.82) is 0 Å². The fourth-order valence-corrected chi connectivity index (χ4v) is 2.90. The van der Waals surface area contributed by atoms with E-state index in [0.29, 0.717) is 36.0 Å². The van der Waals surface area contributed by atoms with Crippen LogP contribution in [0.2, 0.25) is 5.02 Å². The lowest BCUT2D eigenvalue weighted by Crippen LogP contribution is -2.28. The molecule has 0 saturated heterocycles. The van der Waals surface area contributed by atoms with Crippen molar-refractivity contribution >= 4 is 17.5 Å². The first-order chi connectivity index (χ1) is 13.5. The SMILES string of the molecule is COc1ccc(CCC(=O)N(C)CCCCOc2ccc(Cl)cc2)cc1OC. The zero-order chi connectivity index (χ0) is 20.4. The van der Waals surface area contributed by atoms with E-state index in [1.165, 1.54) is 0 Å². The largest absolute Gasteiger partial charge is 0.494 e. The zero-order valence-electron chi connectivity index (χ0n) is 16.7. The number of hydrogen-bond donors (Lipinski definition) is 0. The molecule has 0 radical (unpaired) electrons. The van der Waals surface area contributed by atoms with Crippen LogP contribution in [0.4, 0.5) is 0 Å². The summed E-state index contributed by atoms with van der Waals surface area (Å²) in [5.41, 5.74) is 1.05. The van der Waals surface area contributed by atoms with Crippen molar-refractivity contribution in [2.75, 3.05) is 34.4 Å². The maximum atomic E-state index is 12.3. The third kappa shape index (κ3) is 6.97. The van der Waals surface area contributed by atoms with Crippen LogP contribution in [0.15, 0.2) is 42.5 Å². The van der Waals surface area contributed by atoms with E-state index in [2.05, 4.69) is 0 Å². The Balaban J connectivity index is 1.66. The fraction of sp³-hybridized carbons (Fsp3) is 0.409. The Labute approximate surface area is 172 Å². The van der Waals surface area contributed by atoms with Crippen molar-refractivity contribution < 1.29 is 19.0 Å². The first-order valence-corrected chi connectivity index (χ1v) is 9.74. The topological polar surface area (TPSA) is 48.0 Å². The van der Waals surface area contributed by atoms with E-state index in [-0.39, 0.29) is 5.91 Å². The molecule has 0 fully saturated rings. The molecule has 0 aliphatic heterocycles. The van der Waals surface area contributed by atoms with Gasteiger partial charge in [-0.2, -0.15) is 0 Å². The predicted molar refractivity (Wildman–Crippen MR) is 112 cm³/mol. The van der Waals surface area contributed by atoms with Gasteiger partial charge in [0.05, 0.1) is 20.8 Å². The molecule has 152 valence electrons. The minimum atomic E-state index is 0.133. The van der Waals surface area contributed by atoms with Crippen LogP contribution in [0.1, 0.15) is 24.8 Å². The van der Waals surface area contributed by atoms with Gasteiger partial charge in [0.2, 0.25) is 5.91 Å². The van der Waals surface area contributed by atoms with Gasteiger partial charge in [-0.1, -0.05) is 17.7 Å². The molecule has 2 aromatic carbocycles. The van der Waals surface area contributed by atoms with Gasteiger partial charge < -0.3 is 19.1 Å². The first kappa shape index (κ1) is 21.9. The van der Waals surface area contributed by atoms with Gasteiger partial charge in [-0.05, 0) is 61.2 Å². The molecule has 0 bridgehead atoms. The van der Waals surface area contributed by atoms with E-state index < -0.39 is 0 Å². The second-order valence-electron chi connectivity index (χ2n) is 6.51. The van der Waals surface area contributed by atoms with Crippen LogP contribution in [-0.4, -0.2) is 45.2 Å². The number of rotatable bonds is 11. The first-order valence-electron chi connectivity index (χ1n) is 9.36. The summed E-state index contributed by atoms with van der Waals surface area (Å²) in [6.45, 7) is 1.34. The molecular formula is C22H28ClNO4. The third-order valence-corrected chi connectivity index (χ3v) is 4.72. The average Bonchev–Trinajstić information content (AvgIpc) is 2.72.